The molecule has 7 heteroatoms. The molecule has 8 aromatic rings. The van der Waals surface area contributed by atoms with Gasteiger partial charge < -0.3 is 24.2 Å². The van der Waals surface area contributed by atoms with Gasteiger partial charge in [0.05, 0.1) is 44.7 Å². The number of benzene rings is 8. The molecular formula is C54H44N3O2PS. The number of aryl methyl sites for hydroxylation is 6. The molecule has 0 radical (unpaired) electrons. The van der Waals surface area contributed by atoms with Crippen LogP contribution in [0.1, 0.15) is 33.4 Å². The first-order valence-corrected chi connectivity index (χ1v) is 23.6. The number of nitrogens with zero attached hydrogens (tertiary/aromatic N) is 3. The zero-order valence-electron chi connectivity index (χ0n) is 35.0. The molecule has 0 saturated carbocycles. The fraction of sp³-hybridized carbons (Fsp3) is 0.111. The van der Waals surface area contributed by atoms with Gasteiger partial charge >= 0.3 is 0 Å². The van der Waals surface area contributed by atoms with Crippen LogP contribution in [-0.2, 0) is 11.8 Å². The summed E-state index contributed by atoms with van der Waals surface area (Å²) in [6, 6.07) is 54.0. The van der Waals surface area contributed by atoms with Gasteiger partial charge in [0.25, 0.3) is 0 Å². The van der Waals surface area contributed by atoms with Crippen molar-refractivity contribution >= 4 is 84.9 Å². The zero-order chi connectivity index (χ0) is 41.7. The Morgan fingerprint density at radius 3 is 1.07 bits per heavy atom. The summed E-state index contributed by atoms with van der Waals surface area (Å²) < 4.78 is 14.7. The summed E-state index contributed by atoms with van der Waals surface area (Å²) >= 11 is 7.47. The minimum Gasteiger partial charge on any atom is -0.453 e. The molecule has 0 spiro atoms. The molecule has 5 nitrogen and oxygen atoms in total. The summed E-state index contributed by atoms with van der Waals surface area (Å²) in [5.41, 5.74) is 16.1. The molecule has 298 valence electrons. The van der Waals surface area contributed by atoms with Crippen molar-refractivity contribution in [3.63, 3.8) is 0 Å². The van der Waals surface area contributed by atoms with Crippen molar-refractivity contribution in [1.29, 1.82) is 0 Å². The Morgan fingerprint density at radius 1 is 0.393 bits per heavy atom. The Bertz CT molecular complexity index is 2830. The summed E-state index contributed by atoms with van der Waals surface area (Å²) in [5.74, 6) is 3.08. The highest BCUT2D eigenvalue weighted by molar-refractivity contribution is 8.26. The van der Waals surface area contributed by atoms with E-state index in [-0.39, 0.29) is 0 Å². The zero-order valence-corrected chi connectivity index (χ0v) is 36.7. The van der Waals surface area contributed by atoms with Crippen LogP contribution in [0.2, 0.25) is 0 Å². The van der Waals surface area contributed by atoms with Crippen LogP contribution in [0.3, 0.4) is 0 Å². The van der Waals surface area contributed by atoms with E-state index >= 15 is 0 Å². The van der Waals surface area contributed by atoms with Crippen LogP contribution in [0.5, 0.6) is 23.0 Å². The molecule has 61 heavy (non-hydrogen) atoms. The van der Waals surface area contributed by atoms with Crippen LogP contribution < -0.4 is 40.1 Å². The highest BCUT2D eigenvalue weighted by Crippen LogP contribution is 2.68. The summed E-state index contributed by atoms with van der Waals surface area (Å²) in [6.07, 6.45) is 0. The molecule has 3 aliphatic rings. The summed E-state index contributed by atoms with van der Waals surface area (Å²) in [6.45, 7) is 12.7. The van der Waals surface area contributed by atoms with E-state index in [1.165, 1.54) is 27.8 Å². The van der Waals surface area contributed by atoms with Crippen molar-refractivity contribution in [2.75, 3.05) is 14.7 Å². The van der Waals surface area contributed by atoms with E-state index in [9.17, 15) is 0 Å². The number of rotatable bonds is 7. The van der Waals surface area contributed by atoms with E-state index in [1.54, 1.807) is 0 Å². The van der Waals surface area contributed by atoms with Crippen LogP contribution in [-0.4, -0.2) is 0 Å². The molecule has 11 rings (SSSR count). The molecule has 0 bridgehead atoms. The fourth-order valence-electron chi connectivity index (χ4n) is 9.09. The van der Waals surface area contributed by atoms with Crippen molar-refractivity contribution in [2.24, 2.45) is 0 Å². The van der Waals surface area contributed by atoms with Crippen molar-refractivity contribution in [3.8, 4) is 23.0 Å². The fourth-order valence-corrected chi connectivity index (χ4v) is 14.1. The van der Waals surface area contributed by atoms with Crippen LogP contribution in [0.25, 0.3) is 0 Å². The molecule has 3 heterocycles. The van der Waals surface area contributed by atoms with Gasteiger partial charge in [0.2, 0.25) is 0 Å². The maximum Gasteiger partial charge on any atom is 0.162 e. The summed E-state index contributed by atoms with van der Waals surface area (Å²) in [7, 11) is 0. The van der Waals surface area contributed by atoms with E-state index < -0.39 is 6.04 Å². The van der Waals surface area contributed by atoms with Gasteiger partial charge in [0.1, 0.15) is 11.5 Å². The summed E-state index contributed by atoms with van der Waals surface area (Å²) in [5, 5.41) is 3.05. The molecule has 3 aliphatic heterocycles. The first-order chi connectivity index (χ1) is 29.6. The predicted octanol–water partition coefficient (Wildman–Crippen LogP) is 14.2. The molecule has 0 saturated heterocycles. The number of ether oxygens (including phenoxy) is 2. The van der Waals surface area contributed by atoms with Gasteiger partial charge in [-0.15, -0.1) is 0 Å². The average Bonchev–Trinajstić information content (AvgIpc) is 3.25. The Kier molecular flexibility index (Phi) is 8.58. The van der Waals surface area contributed by atoms with Crippen LogP contribution in [0.15, 0.2) is 158 Å². The third-order valence-electron chi connectivity index (χ3n) is 12.2. The van der Waals surface area contributed by atoms with Gasteiger partial charge in [-0.25, -0.2) is 0 Å². The molecule has 0 aliphatic carbocycles. The van der Waals surface area contributed by atoms with Crippen molar-refractivity contribution in [2.45, 2.75) is 41.5 Å². The van der Waals surface area contributed by atoms with E-state index in [0.29, 0.717) is 0 Å². The van der Waals surface area contributed by atoms with Crippen molar-refractivity contribution < 1.29 is 9.47 Å². The number of hydrogen-bond acceptors (Lipinski definition) is 6. The molecule has 0 atom stereocenters. The van der Waals surface area contributed by atoms with Crippen LogP contribution in [0, 0.1) is 41.5 Å². The third-order valence-corrected chi connectivity index (χ3v) is 17.0. The van der Waals surface area contributed by atoms with E-state index in [2.05, 4.69) is 214 Å². The Morgan fingerprint density at radius 2 is 0.721 bits per heavy atom. The second kappa shape index (κ2) is 14.0. The van der Waals surface area contributed by atoms with E-state index in [0.717, 1.165) is 95.7 Å². The standard InChI is InChI=1S/C54H44N3O2PS/c1-33-7-17-39(18-8-33)55(40-19-9-34(2)10-20-40)44-27-29-46-52-50(44)58-48-31-38(6)32-49-54(48)60(52,61)53-47(57(46)43-25-15-37(5)16-26-43)30-28-45(51(53)59-49)56(41-21-11-35(3)12-22-41)42-23-13-36(4)14-24-42/h7-32H,1-6H3. The second-order valence-electron chi connectivity index (χ2n) is 16.7. The SMILES string of the molecule is Cc1ccc(N(c2ccc(C)cc2)c2ccc3c4c2Oc2cc(C)cc5c2P4(=S)c2c(ccc(N(c4ccc(C)cc4)c4ccc(C)cc4)c2O5)N3c2ccc(C)cc2)cc1. The molecule has 0 fully saturated rings. The largest absolute Gasteiger partial charge is 0.453 e. The van der Waals surface area contributed by atoms with Gasteiger partial charge in [-0.2, -0.15) is 0 Å². The second-order valence-corrected chi connectivity index (χ2v) is 20.9. The lowest BCUT2D eigenvalue weighted by Gasteiger charge is -2.47. The monoisotopic (exact) mass is 829 g/mol. The highest BCUT2D eigenvalue weighted by Gasteiger charge is 2.52. The van der Waals surface area contributed by atoms with Crippen molar-refractivity contribution in [3.05, 3.63) is 191 Å². The van der Waals surface area contributed by atoms with Crippen molar-refractivity contribution in [1.82, 2.24) is 0 Å². The Balaban J connectivity index is 1.25. The van der Waals surface area contributed by atoms with Gasteiger partial charge in [-0.3, -0.25) is 0 Å². The van der Waals surface area contributed by atoms with Crippen LogP contribution in [0.4, 0.5) is 51.2 Å². The number of hydrogen-bond donors (Lipinski definition) is 0. The quantitative estimate of drug-likeness (QED) is 0.149. The maximum absolute atomic E-state index is 7.47. The van der Waals surface area contributed by atoms with E-state index in [1.807, 2.05) is 0 Å². The van der Waals surface area contributed by atoms with Gasteiger partial charge in [-0.1, -0.05) is 100 Å². The predicted molar refractivity (Wildman–Crippen MR) is 259 cm³/mol. The minimum atomic E-state index is -2.91. The smallest absolute Gasteiger partial charge is 0.162 e. The summed E-state index contributed by atoms with van der Waals surface area (Å²) in [4.78, 5) is 7.01. The molecule has 0 N–H and O–H groups in total. The van der Waals surface area contributed by atoms with E-state index in [4.69, 9.17) is 21.3 Å². The maximum atomic E-state index is 7.47. The highest BCUT2D eigenvalue weighted by atomic mass is 32.4. The third kappa shape index (κ3) is 5.84. The number of anilines is 9. The van der Waals surface area contributed by atoms with Gasteiger partial charge in [0, 0.05) is 28.4 Å². The molecule has 0 unspecified atom stereocenters. The molecule has 8 aromatic carbocycles. The first-order valence-electron chi connectivity index (χ1n) is 20.8. The van der Waals surface area contributed by atoms with Crippen LogP contribution >= 0.6 is 6.04 Å². The lowest BCUT2D eigenvalue weighted by atomic mass is 10.1. The molecule has 0 amide bonds. The lowest BCUT2D eigenvalue weighted by Crippen LogP contribution is -2.43. The minimum absolute atomic E-state index is 0.761. The van der Waals surface area contributed by atoms with Gasteiger partial charge in [0.15, 0.2) is 11.5 Å². The molecule has 0 aromatic heterocycles. The lowest BCUT2D eigenvalue weighted by molar-refractivity contribution is 0.466. The first kappa shape index (κ1) is 37.4. The Hall–Kier alpha value is -6.59. The van der Waals surface area contributed by atoms with Gasteiger partial charge in [-0.05, 0) is 144 Å². The average molecular weight is 830 g/mol. The molecular weight excluding hydrogens is 786 g/mol. The topological polar surface area (TPSA) is 28.2 Å². The Labute approximate surface area is 363 Å². The normalized spacial score (nSPS) is 13.5.